The molecule has 0 spiro atoms. The predicted octanol–water partition coefficient (Wildman–Crippen LogP) is 5.30. The molecule has 6 rings (SSSR count). The van der Waals surface area contributed by atoms with E-state index in [4.69, 9.17) is 19.3 Å². The average Bonchev–Trinajstić information content (AvgIpc) is 3.29. The van der Waals surface area contributed by atoms with E-state index in [-0.39, 0.29) is 11.8 Å². The van der Waals surface area contributed by atoms with Crippen molar-refractivity contribution in [3.8, 4) is 23.0 Å². The number of halogens is 2. The highest BCUT2D eigenvalue weighted by atomic mass is 19.3. The Morgan fingerprint density at radius 2 is 1.70 bits per heavy atom. The number of fused-ring (bicyclic) bond motifs is 4. The molecule has 0 aliphatic carbocycles. The molecule has 3 aromatic rings. The second-order valence-electron chi connectivity index (χ2n) is 7.96. The van der Waals surface area contributed by atoms with Crippen LogP contribution in [0.25, 0.3) is 0 Å². The Labute approximate surface area is 188 Å². The molecular formula is C25H20F2N2O4. The van der Waals surface area contributed by atoms with Crippen molar-refractivity contribution in [2.75, 3.05) is 13.2 Å². The van der Waals surface area contributed by atoms with E-state index in [0.29, 0.717) is 25.4 Å². The van der Waals surface area contributed by atoms with E-state index in [0.717, 1.165) is 33.9 Å². The van der Waals surface area contributed by atoms with Crippen molar-refractivity contribution in [2.45, 2.75) is 25.3 Å². The van der Waals surface area contributed by atoms with Crippen molar-refractivity contribution in [2.24, 2.45) is 5.10 Å². The molecule has 33 heavy (non-hydrogen) atoms. The van der Waals surface area contributed by atoms with Gasteiger partial charge >= 0.3 is 6.61 Å². The van der Waals surface area contributed by atoms with Gasteiger partial charge in [-0.3, -0.25) is 0 Å². The molecule has 3 aliphatic rings. The van der Waals surface area contributed by atoms with Gasteiger partial charge in [-0.25, -0.2) is 5.01 Å². The van der Waals surface area contributed by atoms with Gasteiger partial charge in [-0.2, -0.15) is 13.9 Å². The number of benzene rings is 3. The van der Waals surface area contributed by atoms with E-state index >= 15 is 0 Å². The monoisotopic (exact) mass is 450 g/mol. The fraction of sp³-hybridized carbons (Fsp3) is 0.240. The summed E-state index contributed by atoms with van der Waals surface area (Å²) in [5.74, 6) is 2.34. The minimum atomic E-state index is -2.87. The number of ether oxygens (including phenoxy) is 4. The van der Waals surface area contributed by atoms with Gasteiger partial charge in [0.2, 0.25) is 6.23 Å². The molecule has 0 amide bonds. The molecule has 168 valence electrons. The van der Waals surface area contributed by atoms with Gasteiger partial charge in [-0.1, -0.05) is 18.2 Å². The molecule has 0 saturated carbocycles. The van der Waals surface area contributed by atoms with E-state index in [2.05, 4.69) is 4.74 Å². The van der Waals surface area contributed by atoms with E-state index in [1.165, 1.54) is 12.1 Å². The van der Waals surface area contributed by atoms with Crippen LogP contribution in [0.1, 0.15) is 35.4 Å². The third-order valence-corrected chi connectivity index (χ3v) is 5.96. The van der Waals surface area contributed by atoms with Crippen molar-refractivity contribution < 1.29 is 27.7 Å². The van der Waals surface area contributed by atoms with Crippen LogP contribution in [0, 0.1) is 0 Å². The smallest absolute Gasteiger partial charge is 0.387 e. The van der Waals surface area contributed by atoms with Crippen LogP contribution in [0.5, 0.6) is 23.0 Å². The first-order valence-electron chi connectivity index (χ1n) is 10.7. The lowest BCUT2D eigenvalue weighted by Gasteiger charge is -2.38. The quantitative estimate of drug-likeness (QED) is 0.540. The van der Waals surface area contributed by atoms with Gasteiger partial charge in [0.05, 0.1) is 11.8 Å². The fourth-order valence-electron chi connectivity index (χ4n) is 4.47. The zero-order valence-corrected chi connectivity index (χ0v) is 17.5. The molecule has 0 bridgehead atoms. The van der Waals surface area contributed by atoms with E-state index in [1.54, 1.807) is 12.1 Å². The van der Waals surface area contributed by atoms with E-state index in [1.807, 2.05) is 47.5 Å². The molecule has 8 heteroatoms. The number of alkyl halides is 2. The molecule has 3 heterocycles. The first-order chi connectivity index (χ1) is 16.2. The fourth-order valence-corrected chi connectivity index (χ4v) is 4.47. The van der Waals surface area contributed by atoms with Crippen molar-refractivity contribution in [1.82, 2.24) is 5.01 Å². The summed E-state index contributed by atoms with van der Waals surface area (Å²) >= 11 is 0. The SMILES string of the molecule is FC(F)Oc1ccc([C@@H]2Oc3ccccc3[C@@H]3CC(c4ccc5c(c4)OCCO5)=NN32)cc1. The Balaban J connectivity index is 1.36. The van der Waals surface area contributed by atoms with Crippen LogP contribution >= 0.6 is 0 Å². The minimum Gasteiger partial charge on any atom is -0.486 e. The summed E-state index contributed by atoms with van der Waals surface area (Å²) in [6.07, 6.45) is 0.198. The largest absolute Gasteiger partial charge is 0.486 e. The number of hydrazone groups is 1. The Bertz CT molecular complexity index is 1220. The Kier molecular flexibility index (Phi) is 4.78. The summed E-state index contributed by atoms with van der Waals surface area (Å²) in [4.78, 5) is 0. The molecule has 3 aliphatic heterocycles. The topological polar surface area (TPSA) is 52.5 Å². The second-order valence-corrected chi connectivity index (χ2v) is 7.96. The molecule has 3 aromatic carbocycles. The minimum absolute atomic E-state index is 0.0138. The van der Waals surface area contributed by atoms with Gasteiger partial charge in [-0.05, 0) is 48.5 Å². The number of para-hydroxylation sites is 1. The molecule has 0 saturated heterocycles. The maximum absolute atomic E-state index is 12.5. The van der Waals surface area contributed by atoms with Gasteiger partial charge in [-0.15, -0.1) is 0 Å². The third kappa shape index (κ3) is 3.61. The predicted molar refractivity (Wildman–Crippen MR) is 116 cm³/mol. The van der Waals surface area contributed by atoms with Crippen LogP contribution in [0.15, 0.2) is 71.8 Å². The zero-order chi connectivity index (χ0) is 22.4. The van der Waals surface area contributed by atoms with Crippen LogP contribution in [0.4, 0.5) is 8.78 Å². The van der Waals surface area contributed by atoms with Crippen LogP contribution < -0.4 is 18.9 Å². The number of hydrogen-bond donors (Lipinski definition) is 0. The average molecular weight is 450 g/mol. The van der Waals surface area contributed by atoms with Crippen LogP contribution in [-0.2, 0) is 0 Å². The summed E-state index contributed by atoms with van der Waals surface area (Å²) < 4.78 is 47.3. The van der Waals surface area contributed by atoms with Gasteiger partial charge in [0.15, 0.2) is 11.5 Å². The number of rotatable bonds is 4. The molecule has 2 atom stereocenters. The van der Waals surface area contributed by atoms with Crippen LogP contribution in [-0.4, -0.2) is 30.5 Å². The van der Waals surface area contributed by atoms with Crippen LogP contribution in [0.3, 0.4) is 0 Å². The Hall–Kier alpha value is -3.81. The maximum atomic E-state index is 12.5. The summed E-state index contributed by atoms with van der Waals surface area (Å²) in [5, 5.41) is 6.88. The normalized spacial score (nSPS) is 20.6. The molecule has 0 N–H and O–H groups in total. The van der Waals surface area contributed by atoms with Crippen molar-refractivity contribution in [3.05, 3.63) is 83.4 Å². The Morgan fingerprint density at radius 3 is 2.52 bits per heavy atom. The molecule has 0 radical (unpaired) electrons. The van der Waals surface area contributed by atoms with Crippen molar-refractivity contribution in [1.29, 1.82) is 0 Å². The Morgan fingerprint density at radius 1 is 0.909 bits per heavy atom. The zero-order valence-electron chi connectivity index (χ0n) is 17.5. The molecule has 6 nitrogen and oxygen atoms in total. The molecular weight excluding hydrogens is 430 g/mol. The first kappa shape index (κ1) is 19.8. The molecule has 0 unspecified atom stereocenters. The first-order valence-corrected chi connectivity index (χ1v) is 10.7. The van der Waals surface area contributed by atoms with Gasteiger partial charge in [0.25, 0.3) is 0 Å². The lowest BCUT2D eigenvalue weighted by atomic mass is 9.95. The maximum Gasteiger partial charge on any atom is 0.387 e. The number of nitrogens with zero attached hydrogens (tertiary/aromatic N) is 2. The van der Waals surface area contributed by atoms with E-state index < -0.39 is 12.8 Å². The summed E-state index contributed by atoms with van der Waals surface area (Å²) in [6, 6.07) is 20.2. The van der Waals surface area contributed by atoms with Crippen molar-refractivity contribution in [3.63, 3.8) is 0 Å². The van der Waals surface area contributed by atoms with Gasteiger partial charge in [0, 0.05) is 23.1 Å². The van der Waals surface area contributed by atoms with Gasteiger partial charge < -0.3 is 18.9 Å². The lowest BCUT2D eigenvalue weighted by molar-refractivity contribution is -0.0499. The summed E-state index contributed by atoms with van der Waals surface area (Å²) in [6.45, 7) is -1.80. The highest BCUT2D eigenvalue weighted by molar-refractivity contribution is 6.02. The third-order valence-electron chi connectivity index (χ3n) is 5.96. The van der Waals surface area contributed by atoms with Gasteiger partial charge in [0.1, 0.15) is 24.7 Å². The number of hydrogen-bond acceptors (Lipinski definition) is 6. The highest BCUT2D eigenvalue weighted by Crippen LogP contribution is 2.48. The standard InChI is InChI=1S/C25H20F2N2O4/c26-25(27)32-17-8-5-15(6-9-17)24-29-20(18-3-1-2-4-21(18)33-24)14-19(28-29)16-7-10-22-23(13-16)31-12-11-30-22/h1-10,13,20,24-25H,11-12,14H2/t20-,24-/m0/s1. The molecule has 0 fully saturated rings. The summed E-state index contributed by atoms with van der Waals surface area (Å²) in [7, 11) is 0. The van der Waals surface area contributed by atoms with E-state index in [9.17, 15) is 8.78 Å². The lowest BCUT2D eigenvalue weighted by Crippen LogP contribution is -2.33. The summed E-state index contributed by atoms with van der Waals surface area (Å²) in [5.41, 5.74) is 3.73. The highest BCUT2D eigenvalue weighted by Gasteiger charge is 2.41. The van der Waals surface area contributed by atoms with Crippen LogP contribution in [0.2, 0.25) is 0 Å². The second kappa shape index (κ2) is 7.95. The molecule has 0 aromatic heterocycles. The van der Waals surface area contributed by atoms with Crippen molar-refractivity contribution >= 4 is 5.71 Å².